The summed E-state index contributed by atoms with van der Waals surface area (Å²) in [7, 11) is -0.474. The summed E-state index contributed by atoms with van der Waals surface area (Å²) in [5.74, 6) is -0.466. The van der Waals surface area contributed by atoms with Gasteiger partial charge in [-0.25, -0.2) is 4.98 Å². The molecule has 1 aromatic rings. The van der Waals surface area contributed by atoms with Crippen molar-refractivity contribution in [3.63, 3.8) is 0 Å². The van der Waals surface area contributed by atoms with Crippen molar-refractivity contribution in [2.75, 3.05) is 0 Å². The minimum atomic E-state index is -0.474. The van der Waals surface area contributed by atoms with Crippen molar-refractivity contribution in [2.45, 2.75) is 52.2 Å². The Labute approximate surface area is 108 Å². The number of rotatable bonds is 2. The first-order valence-corrected chi connectivity index (χ1v) is 6.27. The van der Waals surface area contributed by atoms with Crippen molar-refractivity contribution in [3.8, 4) is 0 Å². The average molecular weight is 251 g/mol. The van der Waals surface area contributed by atoms with Gasteiger partial charge in [0.05, 0.1) is 11.2 Å². The summed E-state index contributed by atoms with van der Waals surface area (Å²) in [4.78, 5) is 3.70. The number of hydrogen-bond acceptors (Lipinski definition) is 3. The van der Waals surface area contributed by atoms with E-state index in [2.05, 4.69) is 4.98 Å². The molecule has 3 nitrogen and oxygen atoms in total. The lowest BCUT2D eigenvalue weighted by Gasteiger charge is -2.32. The van der Waals surface area contributed by atoms with Crippen LogP contribution in [0.4, 0.5) is 4.39 Å². The van der Waals surface area contributed by atoms with E-state index in [0.717, 1.165) is 17.4 Å². The van der Waals surface area contributed by atoms with E-state index in [1.54, 1.807) is 0 Å². The van der Waals surface area contributed by atoms with E-state index in [4.69, 9.17) is 9.31 Å². The van der Waals surface area contributed by atoms with Crippen LogP contribution in [-0.4, -0.2) is 23.3 Å². The lowest BCUT2D eigenvalue weighted by Crippen LogP contribution is -2.41. The summed E-state index contributed by atoms with van der Waals surface area (Å²) in [6, 6.07) is 1.44. The molecule has 2 rings (SSSR count). The lowest BCUT2D eigenvalue weighted by atomic mass is 9.76. The van der Waals surface area contributed by atoms with Gasteiger partial charge in [0.2, 0.25) is 5.95 Å². The van der Waals surface area contributed by atoms with E-state index in [9.17, 15) is 4.39 Å². The van der Waals surface area contributed by atoms with Gasteiger partial charge >= 0.3 is 7.12 Å². The molecule has 0 bridgehead atoms. The predicted molar refractivity (Wildman–Crippen MR) is 69.3 cm³/mol. The lowest BCUT2D eigenvalue weighted by molar-refractivity contribution is 0.00578. The predicted octanol–water partition coefficient (Wildman–Crippen LogP) is 2.08. The van der Waals surface area contributed by atoms with Crippen LogP contribution in [0.2, 0.25) is 0 Å². The van der Waals surface area contributed by atoms with Gasteiger partial charge < -0.3 is 9.31 Å². The second kappa shape index (κ2) is 4.32. The third kappa shape index (κ3) is 2.17. The highest BCUT2D eigenvalue weighted by Crippen LogP contribution is 2.36. The molecule has 2 heterocycles. The number of hydrogen-bond donors (Lipinski definition) is 0. The standard InChI is InChI=1S/C13H19BFNO2/c1-6-9-7-11(15)16-8-10(9)14-17-12(2,3)13(4,5)18-14/h7-8H,6H2,1-5H3. The van der Waals surface area contributed by atoms with Gasteiger partial charge in [0.1, 0.15) is 0 Å². The fourth-order valence-electron chi connectivity index (χ4n) is 1.97. The fourth-order valence-corrected chi connectivity index (χ4v) is 1.97. The van der Waals surface area contributed by atoms with Gasteiger partial charge in [0.15, 0.2) is 0 Å². The Morgan fingerprint density at radius 2 is 1.78 bits per heavy atom. The molecule has 0 amide bonds. The van der Waals surface area contributed by atoms with Crippen molar-refractivity contribution < 1.29 is 13.7 Å². The Morgan fingerprint density at radius 3 is 2.28 bits per heavy atom. The summed E-state index contributed by atoms with van der Waals surface area (Å²) < 4.78 is 25.0. The van der Waals surface area contributed by atoms with Crippen LogP contribution in [0.1, 0.15) is 40.2 Å². The minimum absolute atomic E-state index is 0.392. The van der Waals surface area contributed by atoms with Crippen LogP contribution in [0, 0.1) is 5.95 Å². The Balaban J connectivity index is 2.35. The summed E-state index contributed by atoms with van der Waals surface area (Å²) in [5, 5.41) is 0. The van der Waals surface area contributed by atoms with Crippen molar-refractivity contribution >= 4 is 12.6 Å². The number of halogens is 1. The molecular weight excluding hydrogens is 232 g/mol. The smallest absolute Gasteiger partial charge is 0.399 e. The summed E-state index contributed by atoms with van der Waals surface area (Å²) >= 11 is 0. The normalized spacial score (nSPS) is 21.3. The molecule has 0 aromatic carbocycles. The molecule has 1 aliphatic heterocycles. The first-order chi connectivity index (χ1) is 8.27. The maximum atomic E-state index is 13.1. The fraction of sp³-hybridized carbons (Fsp3) is 0.615. The van der Waals surface area contributed by atoms with Crippen molar-refractivity contribution in [2.24, 2.45) is 0 Å². The molecule has 0 saturated carbocycles. The zero-order valence-corrected chi connectivity index (χ0v) is 11.6. The third-order valence-corrected chi connectivity index (χ3v) is 3.88. The molecular formula is C13H19BFNO2. The van der Waals surface area contributed by atoms with Crippen molar-refractivity contribution in [3.05, 3.63) is 23.8 Å². The SMILES string of the molecule is CCc1cc(F)ncc1B1OC(C)(C)C(C)(C)O1. The van der Waals surface area contributed by atoms with Crippen LogP contribution in [0.25, 0.3) is 0 Å². The second-order valence-electron chi connectivity index (χ2n) is 5.65. The molecule has 0 radical (unpaired) electrons. The molecule has 1 saturated heterocycles. The zero-order chi connectivity index (χ0) is 13.6. The van der Waals surface area contributed by atoms with Gasteiger partial charge in [-0.3, -0.25) is 0 Å². The molecule has 0 N–H and O–H groups in total. The molecule has 98 valence electrons. The van der Waals surface area contributed by atoms with E-state index in [-0.39, 0.29) is 0 Å². The molecule has 1 aromatic heterocycles. The summed E-state index contributed by atoms with van der Waals surface area (Å²) in [6.07, 6.45) is 2.23. The van der Waals surface area contributed by atoms with Crippen LogP contribution >= 0.6 is 0 Å². The van der Waals surface area contributed by atoms with Crippen LogP contribution in [0.5, 0.6) is 0 Å². The molecule has 1 aliphatic rings. The molecule has 18 heavy (non-hydrogen) atoms. The van der Waals surface area contributed by atoms with E-state index in [0.29, 0.717) is 0 Å². The van der Waals surface area contributed by atoms with Gasteiger partial charge in [-0.05, 0) is 45.7 Å². The Kier molecular flexibility index (Phi) is 3.24. The Bertz CT molecular complexity index is 446. The topological polar surface area (TPSA) is 31.4 Å². The van der Waals surface area contributed by atoms with Crippen LogP contribution < -0.4 is 5.46 Å². The molecule has 0 atom stereocenters. The van der Waals surface area contributed by atoms with Gasteiger partial charge in [-0.15, -0.1) is 0 Å². The van der Waals surface area contributed by atoms with E-state index in [1.807, 2.05) is 34.6 Å². The van der Waals surface area contributed by atoms with Gasteiger partial charge in [-0.1, -0.05) is 6.92 Å². The first kappa shape index (κ1) is 13.5. The molecule has 1 fully saturated rings. The van der Waals surface area contributed by atoms with Crippen LogP contribution in [-0.2, 0) is 15.7 Å². The van der Waals surface area contributed by atoms with Gasteiger partial charge in [0, 0.05) is 11.7 Å². The molecule has 0 spiro atoms. The maximum absolute atomic E-state index is 13.1. The van der Waals surface area contributed by atoms with Crippen molar-refractivity contribution in [1.82, 2.24) is 4.98 Å². The van der Waals surface area contributed by atoms with Crippen LogP contribution in [0.3, 0.4) is 0 Å². The highest BCUT2D eigenvalue weighted by atomic mass is 19.1. The summed E-state index contributed by atoms with van der Waals surface area (Å²) in [6.45, 7) is 9.96. The van der Waals surface area contributed by atoms with Crippen molar-refractivity contribution in [1.29, 1.82) is 0 Å². The largest absolute Gasteiger partial charge is 0.496 e. The van der Waals surface area contributed by atoms with E-state index in [1.165, 1.54) is 12.3 Å². The summed E-state index contributed by atoms with van der Waals surface area (Å²) in [5.41, 5.74) is 0.909. The highest BCUT2D eigenvalue weighted by Gasteiger charge is 2.52. The van der Waals surface area contributed by atoms with Gasteiger partial charge in [-0.2, -0.15) is 4.39 Å². The first-order valence-electron chi connectivity index (χ1n) is 6.27. The monoisotopic (exact) mass is 251 g/mol. The Morgan fingerprint density at radius 1 is 1.22 bits per heavy atom. The minimum Gasteiger partial charge on any atom is -0.399 e. The third-order valence-electron chi connectivity index (χ3n) is 3.88. The molecule has 0 aliphatic carbocycles. The molecule has 0 unspecified atom stereocenters. The number of aromatic nitrogens is 1. The second-order valence-corrected chi connectivity index (χ2v) is 5.65. The Hall–Kier alpha value is -0.935. The number of pyridine rings is 1. The van der Waals surface area contributed by atoms with Crippen LogP contribution in [0.15, 0.2) is 12.3 Å². The van der Waals surface area contributed by atoms with E-state index >= 15 is 0 Å². The molecule has 5 heteroatoms. The van der Waals surface area contributed by atoms with E-state index < -0.39 is 24.3 Å². The highest BCUT2D eigenvalue weighted by molar-refractivity contribution is 6.62. The number of aryl methyl sites for hydroxylation is 1. The average Bonchev–Trinajstić information content (AvgIpc) is 2.47. The number of nitrogens with zero attached hydrogens (tertiary/aromatic N) is 1. The van der Waals surface area contributed by atoms with Gasteiger partial charge in [0.25, 0.3) is 0 Å². The maximum Gasteiger partial charge on any atom is 0.496 e. The quantitative estimate of drug-likeness (QED) is 0.595. The zero-order valence-electron chi connectivity index (χ0n) is 11.6.